The number of aromatic amines is 1. The van der Waals surface area contributed by atoms with Gasteiger partial charge in [0.05, 0.1) is 5.69 Å². The zero-order valence-electron chi connectivity index (χ0n) is 17.1. The predicted molar refractivity (Wildman–Crippen MR) is 112 cm³/mol. The molecule has 0 atom stereocenters. The van der Waals surface area contributed by atoms with Crippen molar-refractivity contribution in [2.45, 2.75) is 33.1 Å². The molecule has 2 heterocycles. The number of amides is 2. The van der Waals surface area contributed by atoms with Crippen molar-refractivity contribution in [1.29, 1.82) is 0 Å². The molecule has 0 saturated carbocycles. The summed E-state index contributed by atoms with van der Waals surface area (Å²) in [6.45, 7) is 9.00. The van der Waals surface area contributed by atoms with Gasteiger partial charge in [-0.15, -0.1) is 0 Å². The van der Waals surface area contributed by atoms with Crippen LogP contribution in [0.25, 0.3) is 0 Å². The number of carbonyl (C=O) groups is 2. The first-order chi connectivity index (χ1) is 13.6. The lowest BCUT2D eigenvalue weighted by Gasteiger charge is -2.35. The minimum absolute atomic E-state index is 0.0626. The molecule has 0 unspecified atom stereocenters. The Labute approximate surface area is 174 Å². The molecule has 2 amide bonds. The van der Waals surface area contributed by atoms with Crippen LogP contribution in [0.2, 0.25) is 5.02 Å². The second kappa shape index (κ2) is 7.99. The van der Waals surface area contributed by atoms with E-state index in [-0.39, 0.29) is 22.8 Å². The Kier molecular flexibility index (Phi) is 5.80. The summed E-state index contributed by atoms with van der Waals surface area (Å²) < 4.78 is 0. The van der Waals surface area contributed by atoms with Crippen molar-refractivity contribution in [3.05, 3.63) is 62.3 Å². The zero-order chi connectivity index (χ0) is 21.3. The number of nitrogens with zero attached hydrogens (tertiary/aromatic N) is 3. The van der Waals surface area contributed by atoms with Crippen LogP contribution in [-0.2, 0) is 5.41 Å². The maximum Gasteiger partial charge on any atom is 0.264 e. The second-order valence-corrected chi connectivity index (χ2v) is 8.66. The monoisotopic (exact) mass is 416 g/mol. The molecule has 0 bridgehead atoms. The van der Waals surface area contributed by atoms with Crippen LogP contribution in [0.5, 0.6) is 0 Å². The van der Waals surface area contributed by atoms with Gasteiger partial charge in [0, 0.05) is 42.2 Å². The van der Waals surface area contributed by atoms with E-state index >= 15 is 0 Å². The van der Waals surface area contributed by atoms with Crippen LogP contribution < -0.4 is 5.56 Å². The molecule has 7 nitrogen and oxygen atoms in total. The average molecular weight is 417 g/mol. The third-order valence-corrected chi connectivity index (χ3v) is 5.19. The number of halogens is 1. The number of rotatable bonds is 2. The molecule has 154 valence electrons. The van der Waals surface area contributed by atoms with E-state index in [9.17, 15) is 14.4 Å². The highest BCUT2D eigenvalue weighted by Crippen LogP contribution is 2.19. The molecule has 2 aromatic rings. The normalized spacial score (nSPS) is 14.8. The quantitative estimate of drug-likeness (QED) is 0.815. The van der Waals surface area contributed by atoms with E-state index in [2.05, 4.69) is 9.97 Å². The summed E-state index contributed by atoms with van der Waals surface area (Å²) in [4.78, 5) is 48.6. The number of aromatic nitrogens is 2. The van der Waals surface area contributed by atoms with Gasteiger partial charge >= 0.3 is 0 Å². The number of hydrogen-bond acceptors (Lipinski definition) is 4. The highest BCUT2D eigenvalue weighted by molar-refractivity contribution is 6.30. The highest BCUT2D eigenvalue weighted by atomic mass is 35.5. The molecule has 1 aliphatic heterocycles. The Morgan fingerprint density at radius 3 is 2.17 bits per heavy atom. The molecule has 1 aliphatic rings. The molecule has 8 heteroatoms. The number of benzene rings is 1. The number of carbonyl (C=O) groups excluding carboxylic acids is 2. The van der Waals surface area contributed by atoms with Gasteiger partial charge in [-0.3, -0.25) is 14.4 Å². The van der Waals surface area contributed by atoms with Crippen molar-refractivity contribution >= 4 is 23.4 Å². The minimum atomic E-state index is -0.426. The van der Waals surface area contributed by atoms with E-state index in [0.29, 0.717) is 48.3 Å². The summed E-state index contributed by atoms with van der Waals surface area (Å²) in [5.41, 5.74) is 0.253. The van der Waals surface area contributed by atoms with Crippen molar-refractivity contribution < 1.29 is 9.59 Å². The topological polar surface area (TPSA) is 86.4 Å². The van der Waals surface area contributed by atoms with E-state index in [1.165, 1.54) is 0 Å². The van der Waals surface area contributed by atoms with Crippen molar-refractivity contribution in [2.75, 3.05) is 26.2 Å². The SMILES string of the molecule is Cc1nc(C(C)(C)C)[nH]c(=O)c1C(=O)N1CCN(C(=O)c2cccc(Cl)c2)CC1. The Morgan fingerprint density at radius 2 is 1.66 bits per heavy atom. The summed E-state index contributed by atoms with van der Waals surface area (Å²) in [5, 5.41) is 0.505. The van der Waals surface area contributed by atoms with Gasteiger partial charge in [-0.05, 0) is 25.1 Å². The van der Waals surface area contributed by atoms with Gasteiger partial charge in [-0.1, -0.05) is 38.4 Å². The molecule has 29 heavy (non-hydrogen) atoms. The Balaban J connectivity index is 1.72. The molecule has 1 saturated heterocycles. The van der Waals surface area contributed by atoms with Crippen LogP contribution in [-0.4, -0.2) is 57.8 Å². The molecule has 1 N–H and O–H groups in total. The van der Waals surface area contributed by atoms with Gasteiger partial charge in [0.1, 0.15) is 11.4 Å². The summed E-state index contributed by atoms with van der Waals surface area (Å²) in [6.07, 6.45) is 0. The molecular formula is C21H25ClN4O3. The van der Waals surface area contributed by atoms with Crippen LogP contribution in [0.1, 0.15) is 53.0 Å². The molecule has 0 radical (unpaired) electrons. The molecule has 3 rings (SSSR count). The second-order valence-electron chi connectivity index (χ2n) is 8.22. The van der Waals surface area contributed by atoms with Gasteiger partial charge in [0.15, 0.2) is 0 Å². The van der Waals surface area contributed by atoms with Crippen molar-refractivity contribution in [3.8, 4) is 0 Å². The van der Waals surface area contributed by atoms with Crippen LogP contribution in [0, 0.1) is 6.92 Å². The average Bonchev–Trinajstić information content (AvgIpc) is 2.66. The van der Waals surface area contributed by atoms with Crippen LogP contribution >= 0.6 is 11.6 Å². The number of aryl methyl sites for hydroxylation is 1. The van der Waals surface area contributed by atoms with Gasteiger partial charge < -0.3 is 14.8 Å². The molecule has 0 aliphatic carbocycles. The molecular weight excluding hydrogens is 392 g/mol. The largest absolute Gasteiger partial charge is 0.335 e. The van der Waals surface area contributed by atoms with E-state index in [1.54, 1.807) is 41.0 Å². The first kappa shape index (κ1) is 21.0. The molecule has 1 aromatic carbocycles. The first-order valence-electron chi connectivity index (χ1n) is 9.53. The first-order valence-corrected chi connectivity index (χ1v) is 9.91. The summed E-state index contributed by atoms with van der Waals surface area (Å²) in [7, 11) is 0. The number of nitrogens with one attached hydrogen (secondary N) is 1. The predicted octanol–water partition coefficient (Wildman–Crippen LogP) is 2.63. The van der Waals surface area contributed by atoms with E-state index in [1.807, 2.05) is 20.8 Å². The van der Waals surface area contributed by atoms with Crippen LogP contribution in [0.4, 0.5) is 0 Å². The van der Waals surface area contributed by atoms with Gasteiger partial charge in [0.25, 0.3) is 17.4 Å². The summed E-state index contributed by atoms with van der Waals surface area (Å²) in [5.74, 6) is 0.0740. The lowest BCUT2D eigenvalue weighted by atomic mass is 9.95. The number of H-pyrrole nitrogens is 1. The minimum Gasteiger partial charge on any atom is -0.335 e. The van der Waals surface area contributed by atoms with Gasteiger partial charge in [-0.25, -0.2) is 4.98 Å². The Morgan fingerprint density at radius 1 is 1.07 bits per heavy atom. The third-order valence-electron chi connectivity index (χ3n) is 4.95. The molecule has 0 spiro atoms. The maximum absolute atomic E-state index is 12.9. The fraction of sp³-hybridized carbons (Fsp3) is 0.429. The zero-order valence-corrected chi connectivity index (χ0v) is 17.8. The smallest absolute Gasteiger partial charge is 0.264 e. The van der Waals surface area contributed by atoms with Crippen LogP contribution in [0.15, 0.2) is 29.1 Å². The van der Waals surface area contributed by atoms with Crippen LogP contribution in [0.3, 0.4) is 0 Å². The lowest BCUT2D eigenvalue weighted by molar-refractivity contribution is 0.0533. The van der Waals surface area contributed by atoms with E-state index in [0.717, 1.165) is 0 Å². The standard InChI is InChI=1S/C21H25ClN4O3/c1-13-16(17(27)24-20(23-13)21(2,3)4)19(29)26-10-8-25(9-11-26)18(28)14-6-5-7-15(22)12-14/h5-7,12H,8-11H2,1-4H3,(H,23,24,27). The molecule has 1 fully saturated rings. The summed E-state index contributed by atoms with van der Waals surface area (Å²) >= 11 is 5.97. The maximum atomic E-state index is 12.9. The van der Waals surface area contributed by atoms with Gasteiger partial charge in [-0.2, -0.15) is 0 Å². The lowest BCUT2D eigenvalue weighted by Crippen LogP contribution is -2.51. The highest BCUT2D eigenvalue weighted by Gasteiger charge is 2.29. The fourth-order valence-corrected chi connectivity index (χ4v) is 3.46. The number of hydrogen-bond donors (Lipinski definition) is 1. The third kappa shape index (κ3) is 4.50. The number of piperazine rings is 1. The Hall–Kier alpha value is -2.67. The van der Waals surface area contributed by atoms with Crippen molar-refractivity contribution in [3.63, 3.8) is 0 Å². The molecule has 1 aromatic heterocycles. The fourth-order valence-electron chi connectivity index (χ4n) is 3.27. The van der Waals surface area contributed by atoms with Crippen molar-refractivity contribution in [2.24, 2.45) is 0 Å². The summed E-state index contributed by atoms with van der Waals surface area (Å²) in [6, 6.07) is 6.80. The van der Waals surface area contributed by atoms with Gasteiger partial charge in [0.2, 0.25) is 0 Å². The van der Waals surface area contributed by atoms with E-state index < -0.39 is 5.56 Å². The Bertz CT molecular complexity index is 1000. The van der Waals surface area contributed by atoms with Crippen molar-refractivity contribution in [1.82, 2.24) is 19.8 Å². The van der Waals surface area contributed by atoms with E-state index in [4.69, 9.17) is 11.6 Å².